The molecule has 0 bridgehead atoms. The van der Waals surface area contributed by atoms with Crippen LogP contribution in [0, 0.1) is 6.54 Å². The predicted molar refractivity (Wildman–Crippen MR) is 73.5 cm³/mol. The summed E-state index contributed by atoms with van der Waals surface area (Å²) in [6.45, 7) is 17.3. The molecule has 0 saturated heterocycles. The molecule has 0 saturated carbocycles. The van der Waals surface area contributed by atoms with Gasteiger partial charge in [-0.25, -0.2) is 0 Å². The number of hydrogen-bond donors (Lipinski definition) is 0. The molecule has 97 valence electrons. The average molecular weight is 227 g/mol. The number of rotatable bonds is 11. The number of nitrogens with zero attached hydrogens (tertiary/aromatic N) is 2. The molecule has 0 aromatic carbocycles. The molecule has 0 aromatic rings. The zero-order valence-corrected chi connectivity index (χ0v) is 11.8. The lowest BCUT2D eigenvalue weighted by molar-refractivity contribution is 0.245. The normalized spacial score (nSPS) is 11.6. The lowest BCUT2D eigenvalue weighted by Gasteiger charge is -2.25. The first-order valence-electron chi connectivity index (χ1n) is 7.08. The van der Waals surface area contributed by atoms with Gasteiger partial charge in [-0.3, -0.25) is 4.90 Å². The van der Waals surface area contributed by atoms with E-state index >= 15 is 0 Å². The van der Waals surface area contributed by atoms with Gasteiger partial charge < -0.3 is 4.90 Å². The first kappa shape index (κ1) is 15.9. The Hall–Kier alpha value is -0.0800. The van der Waals surface area contributed by atoms with E-state index < -0.39 is 0 Å². The fourth-order valence-electron chi connectivity index (χ4n) is 1.77. The number of likely N-dealkylation sites (N-methyl/N-ethyl adjacent to an activating group) is 1. The zero-order valence-electron chi connectivity index (χ0n) is 11.8. The third-order valence-corrected chi connectivity index (χ3v) is 3.07. The second-order valence-corrected chi connectivity index (χ2v) is 4.41. The minimum atomic E-state index is 1.13. The minimum absolute atomic E-state index is 1.13. The predicted octanol–water partition coefficient (Wildman–Crippen LogP) is 3.39. The first-order valence-corrected chi connectivity index (χ1v) is 7.08. The van der Waals surface area contributed by atoms with Crippen molar-refractivity contribution in [3.05, 3.63) is 6.54 Å². The van der Waals surface area contributed by atoms with Crippen LogP contribution in [0.25, 0.3) is 0 Å². The lowest BCUT2D eigenvalue weighted by atomic mass is 10.2. The highest BCUT2D eigenvalue weighted by Gasteiger charge is 2.06. The van der Waals surface area contributed by atoms with Gasteiger partial charge in [0.2, 0.25) is 0 Å². The van der Waals surface area contributed by atoms with Gasteiger partial charge in [0.05, 0.1) is 0 Å². The van der Waals surface area contributed by atoms with Crippen molar-refractivity contribution in [3.8, 4) is 0 Å². The highest BCUT2D eigenvalue weighted by atomic mass is 15.2. The lowest BCUT2D eigenvalue weighted by Crippen LogP contribution is -2.32. The van der Waals surface area contributed by atoms with Crippen LogP contribution in [0.1, 0.15) is 53.4 Å². The van der Waals surface area contributed by atoms with Crippen LogP contribution in [-0.4, -0.2) is 42.5 Å². The van der Waals surface area contributed by atoms with E-state index in [1.165, 1.54) is 38.8 Å². The molecule has 0 aliphatic carbocycles. The monoisotopic (exact) mass is 227 g/mol. The van der Waals surface area contributed by atoms with Gasteiger partial charge in [0, 0.05) is 13.1 Å². The van der Waals surface area contributed by atoms with Crippen LogP contribution in [0.3, 0.4) is 0 Å². The van der Waals surface area contributed by atoms with Gasteiger partial charge in [-0.1, -0.05) is 40.5 Å². The highest BCUT2D eigenvalue weighted by Crippen LogP contribution is 2.02. The van der Waals surface area contributed by atoms with Crippen molar-refractivity contribution in [3.63, 3.8) is 0 Å². The van der Waals surface area contributed by atoms with Crippen molar-refractivity contribution in [1.29, 1.82) is 0 Å². The Bertz CT molecular complexity index is 125. The van der Waals surface area contributed by atoms with E-state index in [2.05, 4.69) is 44.0 Å². The molecule has 0 aromatic heterocycles. The minimum Gasteiger partial charge on any atom is -0.302 e. The Morgan fingerprint density at radius 3 is 1.69 bits per heavy atom. The summed E-state index contributed by atoms with van der Waals surface area (Å²) in [6.07, 6.45) is 5.26. The Morgan fingerprint density at radius 1 is 0.812 bits per heavy atom. The van der Waals surface area contributed by atoms with Gasteiger partial charge >= 0.3 is 0 Å². The van der Waals surface area contributed by atoms with E-state index in [1.807, 2.05) is 0 Å². The quantitative estimate of drug-likeness (QED) is 0.534. The maximum Gasteiger partial charge on any atom is 0.0390 e. The van der Waals surface area contributed by atoms with Gasteiger partial charge in [-0.15, -0.1) is 0 Å². The summed E-state index contributed by atoms with van der Waals surface area (Å²) in [4.78, 5) is 4.98. The molecule has 2 heteroatoms. The van der Waals surface area contributed by atoms with E-state index in [1.54, 1.807) is 0 Å². The summed E-state index contributed by atoms with van der Waals surface area (Å²) in [7, 11) is 0. The summed E-state index contributed by atoms with van der Waals surface area (Å²) >= 11 is 0. The van der Waals surface area contributed by atoms with E-state index in [4.69, 9.17) is 0 Å². The number of hydrogen-bond acceptors (Lipinski definition) is 2. The molecule has 0 N–H and O–H groups in total. The summed E-state index contributed by atoms with van der Waals surface area (Å²) < 4.78 is 0. The molecule has 0 rings (SSSR count). The molecule has 0 spiro atoms. The maximum atomic E-state index is 2.59. The van der Waals surface area contributed by atoms with Crippen LogP contribution in [0.4, 0.5) is 0 Å². The molecule has 0 aliphatic heterocycles. The molecular weight excluding hydrogens is 196 g/mol. The molecule has 2 nitrogen and oxygen atoms in total. The Labute approximate surface area is 103 Å². The van der Waals surface area contributed by atoms with Gasteiger partial charge in [0.25, 0.3) is 0 Å². The van der Waals surface area contributed by atoms with Crippen molar-refractivity contribution in [2.75, 3.05) is 32.7 Å². The van der Waals surface area contributed by atoms with Gasteiger partial charge in [-0.05, 0) is 39.0 Å². The van der Waals surface area contributed by atoms with E-state index in [0.29, 0.717) is 0 Å². The van der Waals surface area contributed by atoms with Crippen LogP contribution in [0.15, 0.2) is 0 Å². The van der Waals surface area contributed by atoms with Crippen molar-refractivity contribution in [2.45, 2.75) is 53.4 Å². The summed E-state index contributed by atoms with van der Waals surface area (Å²) in [6, 6.07) is 0. The summed E-state index contributed by atoms with van der Waals surface area (Å²) in [5.41, 5.74) is 0. The molecule has 0 heterocycles. The molecule has 0 aliphatic rings. The van der Waals surface area contributed by atoms with Crippen molar-refractivity contribution in [2.24, 2.45) is 0 Å². The SMILES string of the molecule is CCCCN(C[CH]N(CC)CC)CCCC. The molecule has 0 atom stereocenters. The molecule has 1 radical (unpaired) electrons. The standard InChI is InChI=1S/C14H31N2/c1-5-9-11-16(12-10-6-2)14-13-15(7-3)8-4/h13H,5-12,14H2,1-4H3. The van der Waals surface area contributed by atoms with E-state index in [0.717, 1.165) is 19.6 Å². The molecule has 0 fully saturated rings. The third-order valence-electron chi connectivity index (χ3n) is 3.07. The Kier molecular flexibility index (Phi) is 11.3. The summed E-state index contributed by atoms with van der Waals surface area (Å²) in [5, 5.41) is 0. The fourth-order valence-corrected chi connectivity index (χ4v) is 1.77. The summed E-state index contributed by atoms with van der Waals surface area (Å²) in [5.74, 6) is 0. The Balaban J connectivity index is 3.79. The van der Waals surface area contributed by atoms with E-state index in [-0.39, 0.29) is 0 Å². The second-order valence-electron chi connectivity index (χ2n) is 4.41. The van der Waals surface area contributed by atoms with E-state index in [9.17, 15) is 0 Å². The van der Waals surface area contributed by atoms with Gasteiger partial charge in [-0.2, -0.15) is 0 Å². The van der Waals surface area contributed by atoms with Crippen LogP contribution in [-0.2, 0) is 0 Å². The van der Waals surface area contributed by atoms with Gasteiger partial charge in [0.1, 0.15) is 0 Å². The largest absolute Gasteiger partial charge is 0.302 e. The van der Waals surface area contributed by atoms with Crippen molar-refractivity contribution < 1.29 is 0 Å². The van der Waals surface area contributed by atoms with Gasteiger partial charge in [0.15, 0.2) is 0 Å². The molecule has 16 heavy (non-hydrogen) atoms. The molecule has 0 unspecified atom stereocenters. The second kappa shape index (κ2) is 11.4. The Morgan fingerprint density at radius 2 is 1.31 bits per heavy atom. The van der Waals surface area contributed by atoms with Crippen molar-refractivity contribution in [1.82, 2.24) is 9.80 Å². The molecular formula is C14H31N2. The van der Waals surface area contributed by atoms with Crippen molar-refractivity contribution >= 4 is 0 Å². The third kappa shape index (κ3) is 8.12. The molecule has 0 amide bonds. The van der Waals surface area contributed by atoms with Crippen LogP contribution < -0.4 is 0 Å². The average Bonchev–Trinajstić information content (AvgIpc) is 2.32. The smallest absolute Gasteiger partial charge is 0.0390 e. The van der Waals surface area contributed by atoms with Crippen LogP contribution in [0.2, 0.25) is 0 Å². The van der Waals surface area contributed by atoms with Crippen LogP contribution >= 0.6 is 0 Å². The fraction of sp³-hybridized carbons (Fsp3) is 0.929. The zero-order chi connectivity index (χ0) is 12.2. The topological polar surface area (TPSA) is 6.48 Å². The number of unbranched alkanes of at least 4 members (excludes halogenated alkanes) is 2. The first-order chi connectivity index (χ1) is 7.78. The highest BCUT2D eigenvalue weighted by molar-refractivity contribution is 4.72. The van der Waals surface area contributed by atoms with Crippen LogP contribution in [0.5, 0.6) is 0 Å². The maximum absolute atomic E-state index is 2.59.